The maximum atomic E-state index is 11.7. The summed E-state index contributed by atoms with van der Waals surface area (Å²) in [5, 5.41) is 10.3. The van der Waals surface area contributed by atoms with Crippen LogP contribution in [0.5, 0.6) is 5.75 Å². The normalized spacial score (nSPS) is 11.0. The molecule has 2 heterocycles. The number of benzene rings is 2. The van der Waals surface area contributed by atoms with E-state index in [2.05, 4.69) is 20.2 Å². The molecule has 0 spiro atoms. The van der Waals surface area contributed by atoms with E-state index in [0.717, 1.165) is 11.3 Å². The standard InChI is InChI=1S/C21H17Cl2N5O3S/c1-31-15-4-2-3-14(10-15)28-18(8-13-9-19(29)25-20(30)24-13)26-27-21(28)32-11-12-5-6-16(22)17(23)7-12/h2-7,9-10H,8,11H2,1H3,(H2,24,25,29,30). The van der Waals surface area contributed by atoms with Gasteiger partial charge in [0.05, 0.1) is 22.8 Å². The Morgan fingerprint density at radius 2 is 1.88 bits per heavy atom. The second-order valence-electron chi connectivity index (χ2n) is 6.76. The number of rotatable bonds is 7. The van der Waals surface area contributed by atoms with Crippen molar-refractivity contribution < 1.29 is 4.74 Å². The highest BCUT2D eigenvalue weighted by Crippen LogP contribution is 2.30. The molecule has 2 aromatic heterocycles. The van der Waals surface area contributed by atoms with Crippen molar-refractivity contribution in [1.82, 2.24) is 24.7 Å². The summed E-state index contributed by atoms with van der Waals surface area (Å²) in [6, 6.07) is 14.2. The third-order valence-corrected chi connectivity index (χ3v) is 6.27. The molecule has 0 saturated carbocycles. The fourth-order valence-corrected chi connectivity index (χ4v) is 4.31. The predicted molar refractivity (Wildman–Crippen MR) is 124 cm³/mol. The third kappa shape index (κ3) is 5.07. The summed E-state index contributed by atoms with van der Waals surface area (Å²) in [6.07, 6.45) is 0.205. The Kier molecular flexibility index (Phi) is 6.69. The summed E-state index contributed by atoms with van der Waals surface area (Å²) in [5.41, 5.74) is 1.13. The van der Waals surface area contributed by atoms with Crippen molar-refractivity contribution in [1.29, 1.82) is 0 Å². The van der Waals surface area contributed by atoms with Crippen LogP contribution < -0.4 is 16.0 Å². The summed E-state index contributed by atoms with van der Waals surface area (Å²) in [5.74, 6) is 1.81. The second-order valence-corrected chi connectivity index (χ2v) is 8.52. The molecule has 0 fully saturated rings. The number of nitrogens with zero attached hydrogens (tertiary/aromatic N) is 3. The molecule has 0 aliphatic rings. The molecular weight excluding hydrogens is 473 g/mol. The van der Waals surface area contributed by atoms with Crippen molar-refractivity contribution >= 4 is 35.0 Å². The molecule has 8 nitrogen and oxygen atoms in total. The van der Waals surface area contributed by atoms with Crippen LogP contribution in [0.25, 0.3) is 5.69 Å². The lowest BCUT2D eigenvalue weighted by atomic mass is 10.2. The summed E-state index contributed by atoms with van der Waals surface area (Å²) >= 11 is 13.6. The van der Waals surface area contributed by atoms with Crippen LogP contribution in [0, 0.1) is 0 Å². The van der Waals surface area contributed by atoms with Gasteiger partial charge in [-0.2, -0.15) is 0 Å². The number of methoxy groups -OCH3 is 1. The fourth-order valence-electron chi connectivity index (χ4n) is 3.08. The Balaban J connectivity index is 1.71. The van der Waals surface area contributed by atoms with Gasteiger partial charge in [-0.3, -0.25) is 14.3 Å². The average molecular weight is 490 g/mol. The van der Waals surface area contributed by atoms with Gasteiger partial charge in [-0.05, 0) is 29.8 Å². The molecular formula is C21H17Cl2N5O3S. The molecule has 164 valence electrons. The van der Waals surface area contributed by atoms with E-state index >= 15 is 0 Å². The van der Waals surface area contributed by atoms with Crippen LogP contribution in [0.15, 0.2) is 63.3 Å². The Morgan fingerprint density at radius 3 is 2.62 bits per heavy atom. The first-order chi connectivity index (χ1) is 15.4. The van der Waals surface area contributed by atoms with Crippen LogP contribution in [0.3, 0.4) is 0 Å². The van der Waals surface area contributed by atoms with Crippen molar-refractivity contribution in [3.05, 3.63) is 96.5 Å². The molecule has 0 radical (unpaired) electrons. The van der Waals surface area contributed by atoms with Crippen molar-refractivity contribution in [3.8, 4) is 11.4 Å². The Morgan fingerprint density at radius 1 is 1.03 bits per heavy atom. The summed E-state index contributed by atoms with van der Waals surface area (Å²) in [6.45, 7) is 0. The molecule has 0 amide bonds. The van der Waals surface area contributed by atoms with Crippen LogP contribution in [-0.4, -0.2) is 31.8 Å². The highest BCUT2D eigenvalue weighted by Gasteiger charge is 2.17. The zero-order valence-electron chi connectivity index (χ0n) is 16.8. The molecule has 0 aliphatic heterocycles. The van der Waals surface area contributed by atoms with Gasteiger partial charge in [0, 0.05) is 30.0 Å². The minimum atomic E-state index is -0.575. The van der Waals surface area contributed by atoms with Crippen molar-refractivity contribution in [2.75, 3.05) is 7.11 Å². The lowest BCUT2D eigenvalue weighted by Crippen LogP contribution is -2.23. The number of thioether (sulfide) groups is 1. The largest absolute Gasteiger partial charge is 0.497 e. The van der Waals surface area contributed by atoms with E-state index in [1.165, 1.54) is 17.8 Å². The minimum absolute atomic E-state index is 0.205. The smallest absolute Gasteiger partial charge is 0.325 e. The van der Waals surface area contributed by atoms with Crippen molar-refractivity contribution in [2.24, 2.45) is 0 Å². The number of ether oxygens (including phenoxy) is 1. The van der Waals surface area contributed by atoms with Crippen LogP contribution in [-0.2, 0) is 12.2 Å². The molecule has 0 bridgehead atoms. The van der Waals surface area contributed by atoms with Gasteiger partial charge in [0.2, 0.25) is 0 Å². The SMILES string of the molecule is COc1cccc(-n2c(Cc3cc(=O)[nH]c(=O)[nH]3)nnc2SCc2ccc(Cl)c(Cl)c2)c1. The number of halogens is 2. The molecule has 0 saturated heterocycles. The topological polar surface area (TPSA) is 106 Å². The number of aromatic nitrogens is 5. The first-order valence-electron chi connectivity index (χ1n) is 9.41. The molecule has 2 N–H and O–H groups in total. The van der Waals surface area contributed by atoms with Gasteiger partial charge >= 0.3 is 5.69 Å². The fraction of sp³-hybridized carbons (Fsp3) is 0.143. The molecule has 0 aliphatic carbocycles. The van der Waals surface area contributed by atoms with E-state index in [4.69, 9.17) is 27.9 Å². The number of aromatic amines is 2. The maximum Gasteiger partial charge on any atom is 0.325 e. The van der Waals surface area contributed by atoms with Gasteiger partial charge in [-0.15, -0.1) is 10.2 Å². The molecule has 2 aromatic carbocycles. The van der Waals surface area contributed by atoms with E-state index in [1.807, 2.05) is 41.0 Å². The van der Waals surface area contributed by atoms with E-state index in [-0.39, 0.29) is 6.42 Å². The molecule has 0 unspecified atom stereocenters. The summed E-state index contributed by atoms with van der Waals surface area (Å²) in [4.78, 5) is 28.1. The van der Waals surface area contributed by atoms with E-state index in [1.54, 1.807) is 13.2 Å². The van der Waals surface area contributed by atoms with Gasteiger partial charge < -0.3 is 9.72 Å². The number of hydrogen-bond acceptors (Lipinski definition) is 6. The summed E-state index contributed by atoms with van der Waals surface area (Å²) in [7, 11) is 1.59. The van der Waals surface area contributed by atoms with Gasteiger partial charge in [-0.1, -0.05) is 47.1 Å². The van der Waals surface area contributed by atoms with Gasteiger partial charge in [0.25, 0.3) is 5.56 Å². The second kappa shape index (κ2) is 9.64. The lowest BCUT2D eigenvalue weighted by molar-refractivity contribution is 0.414. The molecule has 4 aromatic rings. The van der Waals surface area contributed by atoms with Crippen molar-refractivity contribution in [2.45, 2.75) is 17.3 Å². The maximum absolute atomic E-state index is 11.7. The third-order valence-electron chi connectivity index (χ3n) is 4.53. The van der Waals surface area contributed by atoms with E-state index in [9.17, 15) is 9.59 Å². The first kappa shape index (κ1) is 22.2. The molecule has 11 heteroatoms. The highest BCUT2D eigenvalue weighted by molar-refractivity contribution is 7.98. The number of H-pyrrole nitrogens is 2. The Bertz CT molecular complexity index is 1350. The molecule has 0 atom stereocenters. The van der Waals surface area contributed by atoms with Gasteiger partial charge in [-0.25, -0.2) is 4.79 Å². The lowest BCUT2D eigenvalue weighted by Gasteiger charge is -2.12. The van der Waals surface area contributed by atoms with Crippen LogP contribution in [0.2, 0.25) is 10.0 Å². The Hall–Kier alpha value is -3.01. The summed E-state index contributed by atoms with van der Waals surface area (Å²) < 4.78 is 7.22. The van der Waals surface area contributed by atoms with Gasteiger partial charge in [0.1, 0.15) is 11.6 Å². The zero-order chi connectivity index (χ0) is 22.7. The van der Waals surface area contributed by atoms with E-state index < -0.39 is 11.2 Å². The zero-order valence-corrected chi connectivity index (χ0v) is 19.1. The Labute approximate surface area is 196 Å². The van der Waals surface area contributed by atoms with Crippen LogP contribution >= 0.6 is 35.0 Å². The minimum Gasteiger partial charge on any atom is -0.497 e. The molecule has 32 heavy (non-hydrogen) atoms. The quantitative estimate of drug-likeness (QED) is 0.382. The van der Waals surface area contributed by atoms with Crippen molar-refractivity contribution in [3.63, 3.8) is 0 Å². The number of hydrogen-bond donors (Lipinski definition) is 2. The highest BCUT2D eigenvalue weighted by atomic mass is 35.5. The average Bonchev–Trinajstić information content (AvgIpc) is 3.16. The van der Waals surface area contributed by atoms with Crippen LogP contribution in [0.1, 0.15) is 17.1 Å². The van der Waals surface area contributed by atoms with E-state index in [0.29, 0.717) is 38.2 Å². The molecule has 4 rings (SSSR count). The van der Waals surface area contributed by atoms with Crippen LogP contribution in [0.4, 0.5) is 0 Å². The predicted octanol–water partition coefficient (Wildman–Crippen LogP) is 3.84. The monoisotopic (exact) mass is 489 g/mol. The van der Waals surface area contributed by atoms with Gasteiger partial charge in [0.15, 0.2) is 5.16 Å². The first-order valence-corrected chi connectivity index (χ1v) is 11.1. The number of nitrogens with one attached hydrogen (secondary N) is 2.